The maximum absolute atomic E-state index is 6.00. The fraction of sp³-hybridized carbons (Fsp3) is 0.125. The number of para-hydroxylation sites is 1. The van der Waals surface area contributed by atoms with Crippen LogP contribution in [0.15, 0.2) is 52.6 Å². The number of benzene rings is 2. The highest BCUT2D eigenvalue weighted by Crippen LogP contribution is 2.28. The van der Waals surface area contributed by atoms with Crippen molar-refractivity contribution in [3.63, 3.8) is 0 Å². The molecule has 8 heteroatoms. The molecule has 1 aliphatic heterocycles. The minimum absolute atomic E-state index is 0. The Balaban J connectivity index is 0.00000208. The fourth-order valence-corrected chi connectivity index (χ4v) is 3.13. The van der Waals surface area contributed by atoms with Crippen molar-refractivity contribution in [2.45, 2.75) is 0 Å². The van der Waals surface area contributed by atoms with Gasteiger partial charge in [-0.2, -0.15) is 5.10 Å². The molecule has 0 amide bonds. The van der Waals surface area contributed by atoms with Crippen molar-refractivity contribution < 1.29 is 4.74 Å². The van der Waals surface area contributed by atoms with E-state index in [-0.39, 0.29) is 12.4 Å². The van der Waals surface area contributed by atoms with Crippen molar-refractivity contribution in [3.8, 4) is 5.75 Å². The predicted octanol–water partition coefficient (Wildman–Crippen LogP) is 5.15. The van der Waals surface area contributed by atoms with Crippen LogP contribution >= 0.6 is 47.4 Å². The van der Waals surface area contributed by atoms with Crippen molar-refractivity contribution in [2.75, 3.05) is 12.9 Å². The molecule has 0 saturated heterocycles. The van der Waals surface area contributed by atoms with Gasteiger partial charge >= 0.3 is 0 Å². The van der Waals surface area contributed by atoms with E-state index in [1.54, 1.807) is 31.0 Å². The molecule has 0 aromatic heterocycles. The first-order chi connectivity index (χ1) is 11.2. The van der Waals surface area contributed by atoms with Crippen LogP contribution in [0.5, 0.6) is 5.75 Å². The van der Waals surface area contributed by atoms with Crippen molar-refractivity contribution in [1.29, 1.82) is 0 Å². The van der Waals surface area contributed by atoms with E-state index >= 15 is 0 Å². The molecule has 0 atom stereocenters. The number of methoxy groups -OCH3 is 1. The Kier molecular flexibility index (Phi) is 6.80. The zero-order valence-corrected chi connectivity index (χ0v) is 15.8. The summed E-state index contributed by atoms with van der Waals surface area (Å²) in [7, 11) is 1.65. The number of amidine groups is 1. The molecule has 0 fully saturated rings. The molecule has 0 aliphatic carbocycles. The average molecular weight is 403 g/mol. The highest BCUT2D eigenvalue weighted by atomic mass is 35.5. The fourth-order valence-electron chi connectivity index (χ4n) is 2.07. The summed E-state index contributed by atoms with van der Waals surface area (Å²) in [6, 6.07) is 13.1. The molecule has 24 heavy (non-hydrogen) atoms. The largest absolute Gasteiger partial charge is 0.496 e. The zero-order chi connectivity index (χ0) is 16.2. The molecule has 1 N–H and O–H groups in total. The second kappa shape index (κ2) is 8.62. The van der Waals surface area contributed by atoms with Crippen LogP contribution in [0.25, 0.3) is 0 Å². The minimum Gasteiger partial charge on any atom is -0.496 e. The number of ether oxygens (including phenoxy) is 1. The molecule has 126 valence electrons. The normalized spacial score (nSPS) is 15.3. The van der Waals surface area contributed by atoms with E-state index in [9.17, 15) is 0 Å². The van der Waals surface area contributed by atoms with Crippen molar-refractivity contribution >= 4 is 63.9 Å². The molecular formula is C16H14Cl3N3OS. The Morgan fingerprint density at radius 3 is 2.62 bits per heavy atom. The third-order valence-electron chi connectivity index (χ3n) is 3.18. The molecule has 1 aliphatic rings. The van der Waals surface area contributed by atoms with E-state index < -0.39 is 0 Å². The summed E-state index contributed by atoms with van der Waals surface area (Å²) >= 11 is 13.5. The van der Waals surface area contributed by atoms with Gasteiger partial charge in [0.05, 0.1) is 28.6 Å². The van der Waals surface area contributed by atoms with Crippen LogP contribution in [0.1, 0.15) is 5.56 Å². The molecule has 0 bridgehead atoms. The topological polar surface area (TPSA) is 46.0 Å². The van der Waals surface area contributed by atoms with Gasteiger partial charge in [0.15, 0.2) is 5.17 Å². The van der Waals surface area contributed by atoms with Gasteiger partial charge < -0.3 is 4.74 Å². The van der Waals surface area contributed by atoms with Crippen LogP contribution in [0.4, 0.5) is 5.69 Å². The SMILES string of the molecule is COc1ccccc1C1=NNC(=Nc2ccc(Cl)c(Cl)c2)SC1.Cl. The number of thioether (sulfide) groups is 1. The molecule has 0 unspecified atom stereocenters. The molecular weight excluding hydrogens is 389 g/mol. The van der Waals surface area contributed by atoms with E-state index in [1.807, 2.05) is 30.3 Å². The Hall–Kier alpha value is -1.40. The van der Waals surface area contributed by atoms with Crippen LogP contribution in [0.2, 0.25) is 10.0 Å². The Morgan fingerprint density at radius 1 is 1.17 bits per heavy atom. The van der Waals surface area contributed by atoms with Gasteiger partial charge in [0, 0.05) is 11.3 Å². The van der Waals surface area contributed by atoms with Crippen LogP contribution < -0.4 is 10.2 Å². The first kappa shape index (κ1) is 18.9. The maximum Gasteiger partial charge on any atom is 0.182 e. The lowest BCUT2D eigenvalue weighted by atomic mass is 10.1. The minimum atomic E-state index is 0. The molecule has 0 spiro atoms. The van der Waals surface area contributed by atoms with Gasteiger partial charge in [0.25, 0.3) is 0 Å². The van der Waals surface area contributed by atoms with Crippen LogP contribution in [-0.2, 0) is 0 Å². The quantitative estimate of drug-likeness (QED) is 0.772. The van der Waals surface area contributed by atoms with Crippen molar-refractivity contribution in [1.82, 2.24) is 5.43 Å². The van der Waals surface area contributed by atoms with Crippen LogP contribution in [0, 0.1) is 0 Å². The number of nitrogens with one attached hydrogen (secondary N) is 1. The number of halogens is 3. The van der Waals surface area contributed by atoms with Crippen LogP contribution in [-0.4, -0.2) is 23.7 Å². The van der Waals surface area contributed by atoms with Gasteiger partial charge in [-0.25, -0.2) is 4.99 Å². The van der Waals surface area contributed by atoms with E-state index in [2.05, 4.69) is 15.5 Å². The average Bonchev–Trinajstić information content (AvgIpc) is 2.59. The lowest BCUT2D eigenvalue weighted by molar-refractivity contribution is 0.414. The first-order valence-corrected chi connectivity index (χ1v) is 8.54. The lowest BCUT2D eigenvalue weighted by Crippen LogP contribution is -2.25. The summed E-state index contributed by atoms with van der Waals surface area (Å²) < 4.78 is 5.37. The van der Waals surface area contributed by atoms with Gasteiger partial charge in [-0.3, -0.25) is 5.43 Å². The summed E-state index contributed by atoms with van der Waals surface area (Å²) in [5, 5.41) is 6.10. The zero-order valence-electron chi connectivity index (χ0n) is 12.6. The van der Waals surface area contributed by atoms with Crippen molar-refractivity contribution in [3.05, 3.63) is 58.1 Å². The van der Waals surface area contributed by atoms with Crippen LogP contribution in [0.3, 0.4) is 0 Å². The first-order valence-electron chi connectivity index (χ1n) is 6.80. The van der Waals surface area contributed by atoms with E-state index in [4.69, 9.17) is 27.9 Å². The summed E-state index contributed by atoms with van der Waals surface area (Å²) in [4.78, 5) is 4.48. The highest BCUT2D eigenvalue weighted by molar-refractivity contribution is 8.14. The standard InChI is InChI=1S/C16H13Cl2N3OS.ClH/c1-22-15-5-3-2-4-11(15)14-9-23-16(21-20-14)19-10-6-7-12(17)13(18)8-10;/h2-8H,9H2,1H3,(H,19,21);1H. The lowest BCUT2D eigenvalue weighted by Gasteiger charge is -2.16. The molecule has 4 nitrogen and oxygen atoms in total. The summed E-state index contributed by atoms with van der Waals surface area (Å²) in [6.45, 7) is 0. The van der Waals surface area contributed by atoms with Gasteiger partial charge in [-0.05, 0) is 30.3 Å². The van der Waals surface area contributed by atoms with Gasteiger partial charge in [-0.1, -0.05) is 47.1 Å². The van der Waals surface area contributed by atoms with E-state index in [0.717, 1.165) is 22.7 Å². The Morgan fingerprint density at radius 2 is 1.96 bits per heavy atom. The maximum atomic E-state index is 6.00. The summed E-state index contributed by atoms with van der Waals surface area (Å²) in [5.74, 6) is 1.51. The van der Waals surface area contributed by atoms with Gasteiger partial charge in [0.1, 0.15) is 5.75 Å². The second-order valence-electron chi connectivity index (χ2n) is 4.67. The number of aliphatic imine (C=N–C) groups is 1. The monoisotopic (exact) mass is 401 g/mol. The Bertz CT molecular complexity index is 796. The van der Waals surface area contributed by atoms with Crippen molar-refractivity contribution in [2.24, 2.45) is 10.1 Å². The third kappa shape index (κ3) is 4.36. The predicted molar refractivity (Wildman–Crippen MR) is 106 cm³/mol. The number of hydrogen-bond donors (Lipinski definition) is 1. The smallest absolute Gasteiger partial charge is 0.182 e. The number of rotatable bonds is 3. The Labute approximate surface area is 160 Å². The third-order valence-corrected chi connectivity index (χ3v) is 4.80. The van der Waals surface area contributed by atoms with E-state index in [0.29, 0.717) is 21.0 Å². The summed E-state index contributed by atoms with van der Waals surface area (Å²) in [6.07, 6.45) is 0. The number of hydrogen-bond acceptors (Lipinski definition) is 4. The number of nitrogens with zero attached hydrogens (tertiary/aromatic N) is 2. The molecule has 3 rings (SSSR count). The van der Waals surface area contributed by atoms with E-state index in [1.165, 1.54) is 0 Å². The van der Waals surface area contributed by atoms with Gasteiger partial charge in [-0.15, -0.1) is 12.4 Å². The molecule has 2 aromatic rings. The molecule has 0 radical (unpaired) electrons. The second-order valence-corrected chi connectivity index (χ2v) is 6.45. The highest BCUT2D eigenvalue weighted by Gasteiger charge is 2.16. The van der Waals surface area contributed by atoms with Gasteiger partial charge in [0.2, 0.25) is 0 Å². The number of hydrazone groups is 1. The molecule has 2 aromatic carbocycles. The summed E-state index contributed by atoms with van der Waals surface area (Å²) in [5.41, 5.74) is 5.59. The molecule has 0 saturated carbocycles. The molecule has 1 heterocycles.